The average molecular weight is 346 g/mol. The molecule has 0 bridgehead atoms. The number of nitrogens with zero attached hydrogens (tertiary/aromatic N) is 3. The molecule has 0 spiro atoms. The van der Waals surface area contributed by atoms with E-state index in [1.54, 1.807) is 0 Å². The third-order valence-corrected chi connectivity index (χ3v) is 4.99. The largest absolute Gasteiger partial charge is 0.492 e. The first-order valence-corrected chi connectivity index (χ1v) is 9.45. The molecule has 1 aromatic rings. The van der Waals surface area contributed by atoms with E-state index in [-0.39, 0.29) is 0 Å². The van der Waals surface area contributed by atoms with Gasteiger partial charge in [0.1, 0.15) is 5.75 Å². The second-order valence-electron chi connectivity index (χ2n) is 6.61. The molecule has 0 saturated carbocycles. The topological polar surface area (TPSA) is 48.1 Å². The number of rotatable bonds is 6. The number of carbonyl (C=O) groups excluding carboxylic acids is 1. The van der Waals surface area contributed by atoms with Gasteiger partial charge in [-0.15, -0.1) is 0 Å². The van der Waals surface area contributed by atoms with E-state index in [1.807, 2.05) is 24.0 Å². The van der Waals surface area contributed by atoms with Crippen molar-refractivity contribution in [2.45, 2.75) is 13.3 Å². The fourth-order valence-electron chi connectivity index (χ4n) is 3.53. The van der Waals surface area contributed by atoms with Crippen LogP contribution in [0.4, 0.5) is 5.69 Å². The van der Waals surface area contributed by atoms with Crippen LogP contribution in [0.25, 0.3) is 0 Å². The minimum atomic E-state index is 0.297. The number of ether oxygens (including phenoxy) is 1. The third-order valence-electron chi connectivity index (χ3n) is 4.99. The molecule has 6 heteroatoms. The summed E-state index contributed by atoms with van der Waals surface area (Å²) in [6.45, 7) is 11.1. The maximum Gasteiger partial charge on any atom is 0.223 e. The molecule has 2 heterocycles. The molecule has 0 unspecified atom stereocenters. The number of anilines is 1. The van der Waals surface area contributed by atoms with Gasteiger partial charge in [-0.05, 0) is 19.1 Å². The Morgan fingerprint density at radius 2 is 1.80 bits per heavy atom. The highest BCUT2D eigenvalue weighted by atomic mass is 16.5. The van der Waals surface area contributed by atoms with E-state index in [0.717, 1.165) is 64.7 Å². The molecule has 1 N–H and O–H groups in total. The number of carbonyl (C=O) groups is 1. The van der Waals surface area contributed by atoms with Gasteiger partial charge in [-0.2, -0.15) is 0 Å². The lowest BCUT2D eigenvalue weighted by Crippen LogP contribution is -2.49. The van der Waals surface area contributed by atoms with E-state index in [9.17, 15) is 4.79 Å². The summed E-state index contributed by atoms with van der Waals surface area (Å²) < 4.78 is 5.75. The quantitative estimate of drug-likeness (QED) is 0.834. The van der Waals surface area contributed by atoms with Crippen LogP contribution in [0.15, 0.2) is 24.3 Å². The lowest BCUT2D eigenvalue weighted by molar-refractivity contribution is -0.132. The molecular weight excluding hydrogens is 316 g/mol. The smallest absolute Gasteiger partial charge is 0.223 e. The van der Waals surface area contributed by atoms with Crippen LogP contribution >= 0.6 is 0 Å². The SMILES string of the molecule is CCOc1ccccc1N1CCN(CCC(=O)N2CCNCC2)CC1. The molecular formula is C19H30N4O2. The first-order chi connectivity index (χ1) is 12.3. The molecule has 0 radical (unpaired) electrons. The van der Waals surface area contributed by atoms with Gasteiger partial charge in [0, 0.05) is 65.3 Å². The molecule has 0 aliphatic carbocycles. The van der Waals surface area contributed by atoms with Gasteiger partial charge in [0.2, 0.25) is 5.91 Å². The van der Waals surface area contributed by atoms with E-state index in [2.05, 4.69) is 27.2 Å². The van der Waals surface area contributed by atoms with Crippen LogP contribution in [0.1, 0.15) is 13.3 Å². The van der Waals surface area contributed by atoms with Gasteiger partial charge < -0.3 is 19.9 Å². The third kappa shape index (κ3) is 4.86. The van der Waals surface area contributed by atoms with Crippen LogP contribution < -0.4 is 15.0 Å². The molecule has 6 nitrogen and oxygen atoms in total. The Bertz CT molecular complexity index is 552. The Balaban J connectivity index is 1.45. The van der Waals surface area contributed by atoms with Crippen molar-refractivity contribution in [2.24, 2.45) is 0 Å². The predicted octanol–water partition coefficient (Wildman–Crippen LogP) is 1.03. The molecule has 1 aromatic carbocycles. The van der Waals surface area contributed by atoms with E-state index in [1.165, 1.54) is 5.69 Å². The summed E-state index contributed by atoms with van der Waals surface area (Å²) in [7, 11) is 0. The fraction of sp³-hybridized carbons (Fsp3) is 0.632. The number of hydrogen-bond acceptors (Lipinski definition) is 5. The summed E-state index contributed by atoms with van der Waals surface area (Å²) in [5.41, 5.74) is 1.18. The lowest BCUT2D eigenvalue weighted by atomic mass is 10.2. The molecule has 1 amide bonds. The van der Waals surface area contributed by atoms with Gasteiger partial charge in [-0.1, -0.05) is 12.1 Å². The normalized spacial score (nSPS) is 19.1. The summed E-state index contributed by atoms with van der Waals surface area (Å²) in [6, 6.07) is 8.26. The maximum atomic E-state index is 12.3. The summed E-state index contributed by atoms with van der Waals surface area (Å²) in [5.74, 6) is 1.26. The average Bonchev–Trinajstić information content (AvgIpc) is 2.68. The van der Waals surface area contributed by atoms with Crippen molar-refractivity contribution in [1.29, 1.82) is 0 Å². The van der Waals surface area contributed by atoms with Crippen molar-refractivity contribution in [3.8, 4) is 5.75 Å². The monoisotopic (exact) mass is 346 g/mol. The van der Waals surface area contributed by atoms with Gasteiger partial charge in [0.25, 0.3) is 0 Å². The van der Waals surface area contributed by atoms with Crippen molar-refractivity contribution in [3.05, 3.63) is 24.3 Å². The molecule has 2 aliphatic heterocycles. The van der Waals surface area contributed by atoms with Crippen molar-refractivity contribution in [2.75, 3.05) is 70.4 Å². The highest BCUT2D eigenvalue weighted by Gasteiger charge is 2.21. The highest BCUT2D eigenvalue weighted by Crippen LogP contribution is 2.28. The zero-order valence-corrected chi connectivity index (χ0v) is 15.2. The van der Waals surface area contributed by atoms with Crippen LogP contribution in [-0.2, 0) is 4.79 Å². The summed E-state index contributed by atoms with van der Waals surface area (Å²) >= 11 is 0. The molecule has 2 fully saturated rings. The van der Waals surface area contributed by atoms with E-state index in [0.29, 0.717) is 18.9 Å². The minimum Gasteiger partial charge on any atom is -0.492 e. The molecule has 2 aliphatic rings. The van der Waals surface area contributed by atoms with Gasteiger partial charge in [0.15, 0.2) is 0 Å². The summed E-state index contributed by atoms with van der Waals surface area (Å²) in [4.78, 5) is 19.1. The number of piperazine rings is 2. The van der Waals surface area contributed by atoms with Gasteiger partial charge in [-0.3, -0.25) is 9.69 Å². The van der Waals surface area contributed by atoms with Crippen LogP contribution in [0.5, 0.6) is 5.75 Å². The van der Waals surface area contributed by atoms with Crippen molar-refractivity contribution < 1.29 is 9.53 Å². The molecule has 0 aromatic heterocycles. The number of hydrogen-bond donors (Lipinski definition) is 1. The number of nitrogens with one attached hydrogen (secondary N) is 1. The van der Waals surface area contributed by atoms with Gasteiger partial charge in [0.05, 0.1) is 12.3 Å². The first kappa shape index (κ1) is 18.0. The minimum absolute atomic E-state index is 0.297. The number of amides is 1. The van der Waals surface area contributed by atoms with Crippen LogP contribution in [0.2, 0.25) is 0 Å². The Labute approximate surface area is 150 Å². The lowest BCUT2D eigenvalue weighted by Gasteiger charge is -2.37. The van der Waals surface area contributed by atoms with Gasteiger partial charge in [-0.25, -0.2) is 0 Å². The van der Waals surface area contributed by atoms with E-state index >= 15 is 0 Å². The van der Waals surface area contributed by atoms with Crippen molar-refractivity contribution in [1.82, 2.24) is 15.1 Å². The second kappa shape index (κ2) is 9.06. The van der Waals surface area contributed by atoms with Crippen molar-refractivity contribution >= 4 is 11.6 Å². The van der Waals surface area contributed by atoms with Gasteiger partial charge >= 0.3 is 0 Å². The molecule has 2 saturated heterocycles. The Morgan fingerprint density at radius 1 is 1.08 bits per heavy atom. The molecule has 3 rings (SSSR count). The maximum absolute atomic E-state index is 12.3. The summed E-state index contributed by atoms with van der Waals surface area (Å²) in [6.07, 6.45) is 0.634. The standard InChI is InChI=1S/C19H30N4O2/c1-2-25-18-6-4-3-5-17(18)22-15-13-21(14-16-22)10-7-19(24)23-11-8-20-9-12-23/h3-6,20H,2,7-16H2,1H3. The fourth-order valence-corrected chi connectivity index (χ4v) is 3.53. The van der Waals surface area contributed by atoms with Crippen molar-refractivity contribution in [3.63, 3.8) is 0 Å². The van der Waals surface area contributed by atoms with Crippen LogP contribution in [-0.4, -0.2) is 81.2 Å². The molecule has 138 valence electrons. The zero-order valence-electron chi connectivity index (χ0n) is 15.2. The van der Waals surface area contributed by atoms with E-state index in [4.69, 9.17) is 4.74 Å². The van der Waals surface area contributed by atoms with E-state index < -0.39 is 0 Å². The second-order valence-corrected chi connectivity index (χ2v) is 6.61. The first-order valence-electron chi connectivity index (χ1n) is 9.45. The Morgan fingerprint density at radius 3 is 2.52 bits per heavy atom. The van der Waals surface area contributed by atoms with Crippen LogP contribution in [0, 0.1) is 0 Å². The Hall–Kier alpha value is -1.79. The number of benzene rings is 1. The predicted molar refractivity (Wildman–Crippen MR) is 100 cm³/mol. The van der Waals surface area contributed by atoms with Crippen LogP contribution in [0.3, 0.4) is 0 Å². The Kier molecular flexibility index (Phi) is 6.53. The number of para-hydroxylation sites is 2. The summed E-state index contributed by atoms with van der Waals surface area (Å²) in [5, 5.41) is 3.29. The zero-order chi connectivity index (χ0) is 17.5. The molecule has 0 atom stereocenters. The molecule has 25 heavy (non-hydrogen) atoms. The highest BCUT2D eigenvalue weighted by molar-refractivity contribution is 5.76.